The summed E-state index contributed by atoms with van der Waals surface area (Å²) in [5.41, 5.74) is 0.733. The molecule has 1 saturated heterocycles. The molecule has 1 spiro atoms. The van der Waals surface area contributed by atoms with Gasteiger partial charge in [-0.15, -0.1) is 11.3 Å². The lowest BCUT2D eigenvalue weighted by atomic mass is 9.79. The molecule has 2 nitrogen and oxygen atoms in total. The molecule has 0 amide bonds. The van der Waals surface area contributed by atoms with Crippen molar-refractivity contribution in [2.24, 2.45) is 0 Å². The number of rotatable bonds is 2. The smallest absolute Gasteiger partial charge is 0.0338 e. The van der Waals surface area contributed by atoms with Crippen molar-refractivity contribution in [2.45, 2.75) is 70.4 Å². The van der Waals surface area contributed by atoms with Crippen molar-refractivity contribution in [3.63, 3.8) is 0 Å². The van der Waals surface area contributed by atoms with Crippen LogP contribution in [0.2, 0.25) is 0 Å². The van der Waals surface area contributed by atoms with Crippen LogP contribution in [0.3, 0.4) is 0 Å². The van der Waals surface area contributed by atoms with E-state index >= 15 is 0 Å². The molecule has 2 heterocycles. The van der Waals surface area contributed by atoms with Crippen LogP contribution in [0.15, 0.2) is 12.1 Å². The number of thiophene rings is 1. The fourth-order valence-electron chi connectivity index (χ4n) is 3.89. The van der Waals surface area contributed by atoms with Gasteiger partial charge in [0.05, 0.1) is 0 Å². The molecule has 2 aliphatic rings. The largest absolute Gasteiger partial charge is 0.314 e. The number of nitrogens with zero attached hydrogens (tertiary/aromatic N) is 1. The van der Waals surface area contributed by atoms with Crippen molar-refractivity contribution in [3.8, 4) is 0 Å². The van der Waals surface area contributed by atoms with Crippen molar-refractivity contribution < 1.29 is 0 Å². The predicted molar refractivity (Wildman–Crippen MR) is 92.1 cm³/mol. The molecule has 1 aliphatic carbocycles. The van der Waals surface area contributed by atoms with Gasteiger partial charge in [-0.2, -0.15) is 0 Å². The lowest BCUT2D eigenvalue weighted by Crippen LogP contribution is -2.61. The Morgan fingerprint density at radius 1 is 1.19 bits per heavy atom. The van der Waals surface area contributed by atoms with Crippen molar-refractivity contribution in [1.82, 2.24) is 10.2 Å². The number of nitrogens with one attached hydrogen (secondary N) is 1. The van der Waals surface area contributed by atoms with Crippen LogP contribution < -0.4 is 5.32 Å². The minimum absolute atomic E-state index is 0.287. The Labute approximate surface area is 133 Å². The fraction of sp³-hybridized carbons (Fsp3) is 0.778. The van der Waals surface area contributed by atoms with E-state index in [1.54, 1.807) is 4.88 Å². The van der Waals surface area contributed by atoms with E-state index in [4.69, 9.17) is 0 Å². The Bertz CT molecular complexity index is 458. The topological polar surface area (TPSA) is 15.3 Å². The minimum atomic E-state index is 0.287. The van der Waals surface area contributed by atoms with Crippen molar-refractivity contribution in [3.05, 3.63) is 21.9 Å². The van der Waals surface area contributed by atoms with E-state index in [9.17, 15) is 0 Å². The molecule has 1 saturated carbocycles. The van der Waals surface area contributed by atoms with Gasteiger partial charge in [-0.3, -0.25) is 4.90 Å². The monoisotopic (exact) mass is 306 g/mol. The summed E-state index contributed by atoms with van der Waals surface area (Å²) in [6.07, 6.45) is 7.03. The van der Waals surface area contributed by atoms with Crippen molar-refractivity contribution in [2.75, 3.05) is 19.6 Å². The maximum atomic E-state index is 3.65. The highest BCUT2D eigenvalue weighted by Gasteiger charge is 2.39. The molecule has 2 fully saturated rings. The summed E-state index contributed by atoms with van der Waals surface area (Å²) in [5, 5.41) is 3.65. The molecule has 1 aromatic rings. The van der Waals surface area contributed by atoms with E-state index in [0.717, 1.165) is 13.1 Å². The molecule has 1 N–H and O–H groups in total. The highest BCUT2D eigenvalue weighted by molar-refractivity contribution is 7.12. The van der Waals surface area contributed by atoms with Gasteiger partial charge in [0, 0.05) is 41.5 Å². The van der Waals surface area contributed by atoms with Crippen LogP contribution in [0.25, 0.3) is 0 Å². The normalized spacial score (nSPS) is 23.6. The average Bonchev–Trinajstić information content (AvgIpc) is 2.91. The molecule has 0 unspecified atom stereocenters. The lowest BCUT2D eigenvalue weighted by Gasteiger charge is -2.49. The first-order valence-corrected chi connectivity index (χ1v) is 9.36. The second kappa shape index (κ2) is 6.02. The number of piperazine rings is 1. The zero-order valence-electron chi connectivity index (χ0n) is 13.9. The Kier molecular flexibility index (Phi) is 4.45. The first kappa shape index (κ1) is 15.5. The van der Waals surface area contributed by atoms with Gasteiger partial charge in [0.2, 0.25) is 0 Å². The Hall–Kier alpha value is -0.380. The van der Waals surface area contributed by atoms with E-state index < -0.39 is 0 Å². The highest BCUT2D eigenvalue weighted by Crippen LogP contribution is 2.37. The molecular formula is C18H30N2S. The summed E-state index contributed by atoms with van der Waals surface area (Å²) in [6.45, 7) is 11.7. The third kappa shape index (κ3) is 3.35. The van der Waals surface area contributed by atoms with E-state index in [2.05, 4.69) is 43.1 Å². The van der Waals surface area contributed by atoms with Gasteiger partial charge in [0.1, 0.15) is 0 Å². The zero-order chi connectivity index (χ0) is 14.9. The van der Waals surface area contributed by atoms with Crippen molar-refractivity contribution >= 4 is 11.3 Å². The van der Waals surface area contributed by atoms with Crippen molar-refractivity contribution in [1.29, 1.82) is 0 Å². The number of hydrogen-bond donors (Lipinski definition) is 1. The van der Waals surface area contributed by atoms with Crippen LogP contribution in [-0.2, 0) is 12.0 Å². The molecule has 3 rings (SSSR count). The second-order valence-electron chi connectivity index (χ2n) is 7.90. The lowest BCUT2D eigenvalue weighted by molar-refractivity contribution is 0.0217. The zero-order valence-corrected chi connectivity index (χ0v) is 14.7. The summed E-state index contributed by atoms with van der Waals surface area (Å²) in [7, 11) is 0. The van der Waals surface area contributed by atoms with Crippen LogP contribution in [0.4, 0.5) is 0 Å². The third-order valence-electron chi connectivity index (χ3n) is 5.22. The first-order valence-electron chi connectivity index (χ1n) is 8.55. The van der Waals surface area contributed by atoms with Crippen LogP contribution in [-0.4, -0.2) is 30.1 Å². The predicted octanol–water partition coefficient (Wildman–Crippen LogP) is 4.15. The SMILES string of the molecule is CC(C)(C)c1ccc(CN2CCNCC23CCCCC3)s1. The molecule has 3 heteroatoms. The summed E-state index contributed by atoms with van der Waals surface area (Å²) >= 11 is 2.02. The summed E-state index contributed by atoms with van der Waals surface area (Å²) in [4.78, 5) is 5.86. The van der Waals surface area contributed by atoms with Gasteiger partial charge in [-0.1, -0.05) is 40.0 Å². The van der Waals surface area contributed by atoms with Gasteiger partial charge in [0.15, 0.2) is 0 Å². The van der Waals surface area contributed by atoms with E-state index in [1.165, 1.54) is 50.1 Å². The Balaban J connectivity index is 1.74. The third-order valence-corrected chi connectivity index (χ3v) is 6.71. The van der Waals surface area contributed by atoms with Crippen LogP contribution in [0.1, 0.15) is 62.6 Å². The molecule has 21 heavy (non-hydrogen) atoms. The minimum Gasteiger partial charge on any atom is -0.314 e. The Morgan fingerprint density at radius 2 is 1.95 bits per heavy atom. The van der Waals surface area contributed by atoms with E-state index in [-0.39, 0.29) is 5.41 Å². The molecule has 0 radical (unpaired) electrons. The van der Waals surface area contributed by atoms with Crippen LogP contribution in [0.5, 0.6) is 0 Å². The van der Waals surface area contributed by atoms with Crippen LogP contribution in [0, 0.1) is 0 Å². The van der Waals surface area contributed by atoms with Crippen LogP contribution >= 0.6 is 11.3 Å². The fourth-order valence-corrected chi connectivity index (χ4v) is 4.97. The molecular weight excluding hydrogens is 276 g/mol. The maximum absolute atomic E-state index is 3.65. The summed E-state index contributed by atoms with van der Waals surface area (Å²) in [5.74, 6) is 0. The molecule has 0 atom stereocenters. The molecule has 118 valence electrons. The second-order valence-corrected chi connectivity index (χ2v) is 9.07. The molecule has 0 aromatic carbocycles. The molecule has 0 bridgehead atoms. The van der Waals surface area contributed by atoms with Gasteiger partial charge in [-0.05, 0) is 30.4 Å². The number of hydrogen-bond acceptors (Lipinski definition) is 3. The first-order chi connectivity index (χ1) is 10.00. The molecule has 1 aromatic heterocycles. The van der Waals surface area contributed by atoms with Gasteiger partial charge in [-0.25, -0.2) is 0 Å². The van der Waals surface area contributed by atoms with Gasteiger partial charge >= 0.3 is 0 Å². The standard InChI is InChI=1S/C18H30N2S/c1-17(2,3)16-8-7-15(21-16)13-20-12-11-19-14-18(20)9-5-4-6-10-18/h7-8,19H,4-6,9-14H2,1-3H3. The summed E-state index contributed by atoms with van der Waals surface area (Å²) < 4.78 is 0. The van der Waals surface area contributed by atoms with Gasteiger partial charge in [0.25, 0.3) is 0 Å². The van der Waals surface area contributed by atoms with E-state index in [1.807, 2.05) is 11.3 Å². The Morgan fingerprint density at radius 3 is 2.62 bits per heavy atom. The highest BCUT2D eigenvalue weighted by atomic mass is 32.1. The van der Waals surface area contributed by atoms with Gasteiger partial charge < -0.3 is 5.32 Å². The quantitative estimate of drug-likeness (QED) is 0.883. The summed E-state index contributed by atoms with van der Waals surface area (Å²) in [6, 6.07) is 4.71. The van der Waals surface area contributed by atoms with E-state index in [0.29, 0.717) is 5.54 Å². The maximum Gasteiger partial charge on any atom is 0.0338 e. The average molecular weight is 307 g/mol. The molecule has 1 aliphatic heterocycles.